The smallest absolute Gasteiger partial charge is 0.311 e. The van der Waals surface area contributed by atoms with Gasteiger partial charge < -0.3 is 19.6 Å². The average molecular weight is 552 g/mol. The zero-order valence-corrected chi connectivity index (χ0v) is 22.9. The lowest BCUT2D eigenvalue weighted by molar-refractivity contribution is -0.154. The van der Waals surface area contributed by atoms with Crippen molar-refractivity contribution in [2.24, 2.45) is 11.8 Å². The van der Waals surface area contributed by atoms with Crippen molar-refractivity contribution in [2.45, 2.75) is 61.4 Å². The Morgan fingerprint density at radius 3 is 2.77 bits per heavy atom. The van der Waals surface area contributed by atoms with Gasteiger partial charge in [0.25, 0.3) is 0 Å². The number of amides is 2. The SMILES string of the molecule is CC[C@@H](CO)N1C(=O)[C@@H]2[C@@H]3C(=O)OCCC/C=C\[C@]3(C)S[C@@]23C=CCN(Cn2nnc4ccccc42)C(=O)C13. The van der Waals surface area contributed by atoms with Crippen LogP contribution in [0, 0.1) is 11.8 Å². The molecule has 39 heavy (non-hydrogen) atoms. The van der Waals surface area contributed by atoms with Crippen molar-refractivity contribution >= 4 is 40.6 Å². The molecular formula is C28H33N5O5S. The maximum absolute atomic E-state index is 14.5. The van der Waals surface area contributed by atoms with E-state index in [2.05, 4.69) is 16.4 Å². The highest BCUT2D eigenvalue weighted by Gasteiger charge is 2.74. The van der Waals surface area contributed by atoms with Crippen molar-refractivity contribution in [1.29, 1.82) is 0 Å². The third-order valence-electron chi connectivity index (χ3n) is 8.57. The Bertz CT molecular complexity index is 1370. The van der Waals surface area contributed by atoms with Crippen LogP contribution in [0.1, 0.15) is 33.1 Å². The first kappa shape index (κ1) is 26.1. The van der Waals surface area contributed by atoms with Gasteiger partial charge in [0.2, 0.25) is 11.8 Å². The number of aliphatic hydroxyl groups is 1. The molecule has 6 atom stereocenters. The molecule has 0 aliphatic carbocycles. The van der Waals surface area contributed by atoms with Crippen molar-refractivity contribution in [1.82, 2.24) is 24.8 Å². The van der Waals surface area contributed by atoms with Crippen molar-refractivity contribution in [3.63, 3.8) is 0 Å². The van der Waals surface area contributed by atoms with Gasteiger partial charge in [-0.05, 0) is 38.3 Å². The number of fused-ring (bicyclic) bond motifs is 3. The molecule has 0 bridgehead atoms. The molecule has 4 aliphatic rings. The monoisotopic (exact) mass is 551 g/mol. The molecule has 1 aromatic carbocycles. The van der Waals surface area contributed by atoms with E-state index < -0.39 is 39.4 Å². The van der Waals surface area contributed by atoms with Crippen molar-refractivity contribution in [2.75, 3.05) is 19.8 Å². The first-order valence-electron chi connectivity index (χ1n) is 13.6. The number of nitrogens with zero attached hydrogens (tertiary/aromatic N) is 5. The molecule has 1 spiro atoms. The van der Waals surface area contributed by atoms with Gasteiger partial charge in [-0.2, -0.15) is 0 Å². The summed E-state index contributed by atoms with van der Waals surface area (Å²) in [5.41, 5.74) is 1.53. The number of carbonyl (C=O) groups excluding carboxylic acids is 3. The van der Waals surface area contributed by atoms with E-state index in [1.54, 1.807) is 14.5 Å². The van der Waals surface area contributed by atoms with Crippen molar-refractivity contribution in [3.05, 3.63) is 48.6 Å². The standard InChI is InChI=1S/C28H33N5O5S/c1-3-18(16-34)33-23-25(36)31(17-32-20-11-6-5-10-19(20)29-30-32)14-9-13-28(23)21(24(33)35)22-26(37)38-15-8-4-7-12-27(22,2)39-28/h5-7,9-13,18,21-23,34H,3-4,8,14-17H2,1-2H3/b12-7-/t18-,21-,22+,23?,27-,28-/m0/s1. The van der Waals surface area contributed by atoms with Crippen LogP contribution < -0.4 is 0 Å². The number of aromatic nitrogens is 3. The minimum absolute atomic E-state index is 0.159. The van der Waals surface area contributed by atoms with Crippen LogP contribution in [0.15, 0.2) is 48.6 Å². The Morgan fingerprint density at radius 2 is 1.97 bits per heavy atom. The Morgan fingerprint density at radius 1 is 1.15 bits per heavy atom. The van der Waals surface area contributed by atoms with Crippen LogP contribution in [0.5, 0.6) is 0 Å². The fraction of sp³-hybridized carbons (Fsp3) is 0.536. The highest BCUT2D eigenvalue weighted by atomic mass is 32.2. The second-order valence-electron chi connectivity index (χ2n) is 10.9. The normalized spacial score (nSPS) is 34.0. The second-order valence-corrected chi connectivity index (χ2v) is 12.7. The van der Waals surface area contributed by atoms with E-state index in [0.29, 0.717) is 19.6 Å². The van der Waals surface area contributed by atoms with E-state index in [9.17, 15) is 19.5 Å². The first-order valence-corrected chi connectivity index (χ1v) is 14.4. The summed E-state index contributed by atoms with van der Waals surface area (Å²) in [5, 5.41) is 18.8. The van der Waals surface area contributed by atoms with Crippen LogP contribution in [0.3, 0.4) is 0 Å². The van der Waals surface area contributed by atoms with Crippen LogP contribution in [-0.2, 0) is 25.8 Å². The lowest BCUT2D eigenvalue weighted by atomic mass is 9.74. The van der Waals surface area contributed by atoms with E-state index in [4.69, 9.17) is 4.74 Å². The molecule has 6 rings (SSSR count). The lowest BCUT2D eigenvalue weighted by Gasteiger charge is -2.39. The van der Waals surface area contributed by atoms with Gasteiger partial charge in [-0.3, -0.25) is 14.4 Å². The highest BCUT2D eigenvalue weighted by molar-refractivity contribution is 8.02. The van der Waals surface area contributed by atoms with Gasteiger partial charge in [0.05, 0.1) is 41.4 Å². The van der Waals surface area contributed by atoms with Crippen LogP contribution in [0.4, 0.5) is 0 Å². The number of hydrogen-bond donors (Lipinski definition) is 1. The third-order valence-corrected chi connectivity index (χ3v) is 10.4. The van der Waals surface area contributed by atoms with Gasteiger partial charge in [-0.15, -0.1) is 16.9 Å². The van der Waals surface area contributed by atoms with E-state index >= 15 is 0 Å². The number of rotatable bonds is 5. The Hall–Kier alpha value is -3.18. The number of likely N-dealkylation sites (tertiary alicyclic amines) is 1. The number of carbonyl (C=O) groups is 3. The number of aliphatic hydroxyl groups excluding tert-OH is 1. The molecule has 206 valence electrons. The van der Waals surface area contributed by atoms with Crippen LogP contribution >= 0.6 is 11.8 Å². The molecule has 2 fully saturated rings. The molecule has 1 unspecified atom stereocenters. The molecule has 2 aromatic rings. The number of para-hydroxylation sites is 1. The molecule has 0 saturated carbocycles. The van der Waals surface area contributed by atoms with Crippen molar-refractivity contribution < 1.29 is 24.2 Å². The summed E-state index contributed by atoms with van der Waals surface area (Å²) in [5.74, 6) is -2.46. The molecule has 1 aromatic heterocycles. The van der Waals surface area contributed by atoms with Crippen LogP contribution in [-0.4, -0.2) is 89.0 Å². The maximum atomic E-state index is 14.5. The van der Waals surface area contributed by atoms with Gasteiger partial charge in [-0.1, -0.05) is 48.6 Å². The lowest BCUT2D eigenvalue weighted by Crippen LogP contribution is -2.56. The van der Waals surface area contributed by atoms with E-state index in [-0.39, 0.29) is 25.1 Å². The average Bonchev–Trinajstić information content (AvgIpc) is 3.50. The summed E-state index contributed by atoms with van der Waals surface area (Å²) in [6.07, 6.45) is 9.96. The highest BCUT2D eigenvalue weighted by Crippen LogP contribution is 2.65. The predicted octanol–water partition coefficient (Wildman–Crippen LogP) is 2.14. The minimum Gasteiger partial charge on any atom is -0.465 e. The first-order chi connectivity index (χ1) is 18.8. The molecule has 2 saturated heterocycles. The Balaban J connectivity index is 1.45. The molecule has 11 heteroatoms. The number of esters is 1. The van der Waals surface area contributed by atoms with E-state index in [0.717, 1.165) is 23.9 Å². The number of allylic oxidation sites excluding steroid dienone is 1. The van der Waals surface area contributed by atoms with Gasteiger partial charge in [-0.25, -0.2) is 4.68 Å². The van der Waals surface area contributed by atoms with Crippen LogP contribution in [0.2, 0.25) is 0 Å². The number of hydrogen-bond acceptors (Lipinski definition) is 8. The molecule has 5 heterocycles. The van der Waals surface area contributed by atoms with Crippen LogP contribution in [0.25, 0.3) is 11.0 Å². The number of benzene rings is 1. The summed E-state index contributed by atoms with van der Waals surface area (Å²) in [7, 11) is 0. The fourth-order valence-electron chi connectivity index (χ4n) is 6.74. The second kappa shape index (κ2) is 9.78. The topological polar surface area (TPSA) is 118 Å². The fourth-order valence-corrected chi connectivity index (χ4v) is 8.88. The molecule has 1 N–H and O–H groups in total. The zero-order valence-electron chi connectivity index (χ0n) is 22.1. The molecule has 0 radical (unpaired) electrons. The quantitative estimate of drug-likeness (QED) is 0.444. The molecular weight excluding hydrogens is 518 g/mol. The summed E-state index contributed by atoms with van der Waals surface area (Å²) >= 11 is 1.51. The maximum Gasteiger partial charge on any atom is 0.311 e. The number of thioether (sulfide) groups is 1. The number of cyclic esters (lactones) is 1. The predicted molar refractivity (Wildman–Crippen MR) is 145 cm³/mol. The summed E-state index contributed by atoms with van der Waals surface area (Å²) in [4.78, 5) is 45.6. The molecule has 10 nitrogen and oxygen atoms in total. The summed E-state index contributed by atoms with van der Waals surface area (Å²) in [6.45, 7) is 4.36. The van der Waals surface area contributed by atoms with Gasteiger partial charge in [0.1, 0.15) is 18.2 Å². The third kappa shape index (κ3) is 3.92. The minimum atomic E-state index is -0.988. The molecule has 2 amide bonds. The zero-order chi connectivity index (χ0) is 27.4. The van der Waals surface area contributed by atoms with Crippen molar-refractivity contribution in [3.8, 4) is 0 Å². The largest absolute Gasteiger partial charge is 0.465 e. The summed E-state index contributed by atoms with van der Waals surface area (Å²) in [6, 6.07) is 6.11. The van der Waals surface area contributed by atoms with E-state index in [1.165, 1.54) is 11.8 Å². The van der Waals surface area contributed by atoms with Gasteiger partial charge in [0, 0.05) is 11.3 Å². The van der Waals surface area contributed by atoms with Gasteiger partial charge in [0.15, 0.2) is 0 Å². The Kier molecular flexibility index (Phi) is 6.53. The van der Waals surface area contributed by atoms with Gasteiger partial charge >= 0.3 is 5.97 Å². The Labute approximate surface area is 231 Å². The number of ether oxygens (including phenoxy) is 1. The van der Waals surface area contributed by atoms with E-state index in [1.807, 2.05) is 56.3 Å². The molecule has 4 aliphatic heterocycles. The summed E-state index contributed by atoms with van der Waals surface area (Å²) < 4.78 is 5.63.